The molecule has 0 fully saturated rings. The summed E-state index contributed by atoms with van der Waals surface area (Å²) >= 11 is 0. The number of ether oxygens (including phenoxy) is 1. The van der Waals surface area contributed by atoms with Crippen LogP contribution in [0.5, 0.6) is 0 Å². The van der Waals surface area contributed by atoms with Crippen LogP contribution in [-0.2, 0) is 11.2 Å². The lowest BCUT2D eigenvalue weighted by molar-refractivity contribution is 0.0783. The Hall–Kier alpha value is -0.890. The van der Waals surface area contributed by atoms with Gasteiger partial charge in [0.2, 0.25) is 0 Å². The monoisotopic (exact) mass is 392 g/mol. The molecular formula is C14H25IN4O. The maximum absolute atomic E-state index is 5.76. The molecule has 1 heterocycles. The number of rotatable bonds is 8. The molecule has 0 spiro atoms. The van der Waals surface area contributed by atoms with Crippen LogP contribution in [0.1, 0.15) is 26.0 Å². The molecule has 0 aliphatic rings. The molecule has 0 radical (unpaired) electrons. The summed E-state index contributed by atoms with van der Waals surface area (Å²) in [7, 11) is 0. The number of nitrogens with one attached hydrogen (secondary N) is 1. The Morgan fingerprint density at radius 2 is 2.25 bits per heavy atom. The third kappa shape index (κ3) is 9.96. The molecule has 5 nitrogen and oxygen atoms in total. The number of aliphatic imine (C=N–C) groups is 1. The fourth-order valence-electron chi connectivity index (χ4n) is 1.50. The van der Waals surface area contributed by atoms with E-state index in [4.69, 9.17) is 10.5 Å². The molecule has 114 valence electrons. The van der Waals surface area contributed by atoms with E-state index in [-0.39, 0.29) is 30.1 Å². The minimum absolute atomic E-state index is 0. The van der Waals surface area contributed by atoms with Crippen molar-refractivity contribution in [1.29, 1.82) is 0 Å². The van der Waals surface area contributed by atoms with Gasteiger partial charge < -0.3 is 15.8 Å². The van der Waals surface area contributed by atoms with Gasteiger partial charge in [-0.15, -0.1) is 24.0 Å². The first-order valence-corrected chi connectivity index (χ1v) is 6.74. The van der Waals surface area contributed by atoms with Crippen molar-refractivity contribution in [1.82, 2.24) is 10.3 Å². The molecule has 20 heavy (non-hydrogen) atoms. The molecule has 1 aromatic rings. The van der Waals surface area contributed by atoms with Crippen molar-refractivity contribution in [2.75, 3.05) is 19.7 Å². The first kappa shape index (κ1) is 19.1. The topological polar surface area (TPSA) is 72.5 Å². The molecule has 0 saturated heterocycles. The van der Waals surface area contributed by atoms with Crippen LogP contribution in [0.3, 0.4) is 0 Å². The second-order valence-electron chi connectivity index (χ2n) is 4.54. The minimum atomic E-state index is 0. The third-order valence-corrected chi connectivity index (χ3v) is 2.45. The van der Waals surface area contributed by atoms with E-state index in [2.05, 4.69) is 15.3 Å². The van der Waals surface area contributed by atoms with Crippen molar-refractivity contribution >= 4 is 29.9 Å². The number of nitrogens with zero attached hydrogens (tertiary/aromatic N) is 2. The molecule has 0 saturated carbocycles. The summed E-state index contributed by atoms with van der Waals surface area (Å²) in [6.07, 6.45) is 3.80. The van der Waals surface area contributed by atoms with Gasteiger partial charge in [-0.2, -0.15) is 0 Å². The molecule has 3 N–H and O–H groups in total. The SMILES string of the molecule is CC(C)OCCCN=C(N)NCCc1ccccn1.I. The number of guanidine groups is 1. The first-order chi connectivity index (χ1) is 9.18. The second kappa shape index (κ2) is 11.9. The Kier molecular flexibility index (Phi) is 11.4. The van der Waals surface area contributed by atoms with Crippen LogP contribution < -0.4 is 11.1 Å². The van der Waals surface area contributed by atoms with Crippen molar-refractivity contribution in [2.45, 2.75) is 32.8 Å². The van der Waals surface area contributed by atoms with Crippen LogP contribution in [0.4, 0.5) is 0 Å². The summed E-state index contributed by atoms with van der Waals surface area (Å²) in [6, 6.07) is 5.89. The first-order valence-electron chi connectivity index (χ1n) is 6.74. The molecule has 0 aliphatic carbocycles. The summed E-state index contributed by atoms with van der Waals surface area (Å²) in [4.78, 5) is 8.48. The van der Waals surface area contributed by atoms with E-state index < -0.39 is 0 Å². The lowest BCUT2D eigenvalue weighted by Crippen LogP contribution is -2.33. The largest absolute Gasteiger partial charge is 0.379 e. The van der Waals surface area contributed by atoms with E-state index in [1.54, 1.807) is 6.20 Å². The lowest BCUT2D eigenvalue weighted by atomic mass is 10.3. The van der Waals surface area contributed by atoms with Gasteiger partial charge in [0.05, 0.1) is 6.10 Å². The van der Waals surface area contributed by atoms with Crippen LogP contribution in [0.15, 0.2) is 29.4 Å². The summed E-state index contributed by atoms with van der Waals surface area (Å²) in [6.45, 7) is 6.21. The number of hydrogen-bond acceptors (Lipinski definition) is 3. The van der Waals surface area contributed by atoms with Crippen molar-refractivity contribution in [3.05, 3.63) is 30.1 Å². The molecule has 1 rings (SSSR count). The van der Waals surface area contributed by atoms with Gasteiger partial charge in [0, 0.05) is 38.0 Å². The quantitative estimate of drug-likeness (QED) is 0.307. The van der Waals surface area contributed by atoms with Crippen LogP contribution >= 0.6 is 24.0 Å². The highest BCUT2D eigenvalue weighted by Crippen LogP contribution is 1.93. The van der Waals surface area contributed by atoms with Crippen LogP contribution in [0, 0.1) is 0 Å². The van der Waals surface area contributed by atoms with E-state index in [0.29, 0.717) is 12.5 Å². The summed E-state index contributed by atoms with van der Waals surface area (Å²) < 4.78 is 5.42. The number of nitrogens with two attached hydrogens (primary N) is 1. The van der Waals surface area contributed by atoms with E-state index in [1.807, 2.05) is 32.0 Å². The molecule has 0 amide bonds. The molecule has 1 aromatic heterocycles. The highest BCUT2D eigenvalue weighted by Gasteiger charge is 1.95. The molecule has 0 atom stereocenters. The predicted molar refractivity (Wildman–Crippen MR) is 93.6 cm³/mol. The number of pyridine rings is 1. The minimum Gasteiger partial charge on any atom is -0.379 e. The highest BCUT2D eigenvalue weighted by atomic mass is 127. The molecule has 0 aromatic carbocycles. The fourth-order valence-corrected chi connectivity index (χ4v) is 1.50. The zero-order valence-corrected chi connectivity index (χ0v) is 14.5. The summed E-state index contributed by atoms with van der Waals surface area (Å²) in [5.41, 5.74) is 6.81. The maximum Gasteiger partial charge on any atom is 0.188 e. The normalized spacial score (nSPS) is 11.2. The van der Waals surface area contributed by atoms with Crippen LogP contribution in [0.25, 0.3) is 0 Å². The number of aromatic nitrogens is 1. The standard InChI is InChI=1S/C14H24N4O.HI/c1-12(2)19-11-5-9-17-14(15)18-10-7-13-6-3-4-8-16-13;/h3-4,6,8,12H,5,7,9-11H2,1-2H3,(H3,15,17,18);1H. The van der Waals surface area contributed by atoms with E-state index >= 15 is 0 Å². The lowest BCUT2D eigenvalue weighted by Gasteiger charge is -2.07. The van der Waals surface area contributed by atoms with Crippen molar-refractivity contribution in [2.24, 2.45) is 10.7 Å². The van der Waals surface area contributed by atoms with Crippen molar-refractivity contribution in [3.8, 4) is 0 Å². The van der Waals surface area contributed by atoms with E-state index in [9.17, 15) is 0 Å². The van der Waals surface area contributed by atoms with Crippen molar-refractivity contribution < 1.29 is 4.74 Å². The number of halogens is 1. The van der Waals surface area contributed by atoms with Gasteiger partial charge in [-0.25, -0.2) is 0 Å². The van der Waals surface area contributed by atoms with Crippen molar-refractivity contribution in [3.63, 3.8) is 0 Å². The van der Waals surface area contributed by atoms with Gasteiger partial charge in [0.25, 0.3) is 0 Å². The maximum atomic E-state index is 5.76. The van der Waals surface area contributed by atoms with Gasteiger partial charge in [-0.3, -0.25) is 9.98 Å². The average molecular weight is 392 g/mol. The second-order valence-corrected chi connectivity index (χ2v) is 4.54. The fraction of sp³-hybridized carbons (Fsp3) is 0.571. The summed E-state index contributed by atoms with van der Waals surface area (Å²) in [5.74, 6) is 0.487. The van der Waals surface area contributed by atoms with Gasteiger partial charge in [0.15, 0.2) is 5.96 Å². The van der Waals surface area contributed by atoms with Crippen LogP contribution in [-0.4, -0.2) is 36.7 Å². The van der Waals surface area contributed by atoms with Gasteiger partial charge in [-0.05, 0) is 32.4 Å². The summed E-state index contributed by atoms with van der Waals surface area (Å²) in [5, 5.41) is 3.08. The Bertz CT molecular complexity index is 371. The van der Waals surface area contributed by atoms with E-state index in [1.165, 1.54) is 0 Å². The predicted octanol–water partition coefficient (Wildman–Crippen LogP) is 1.96. The van der Waals surface area contributed by atoms with E-state index in [0.717, 1.165) is 31.7 Å². The molecule has 6 heteroatoms. The zero-order chi connectivity index (χ0) is 13.9. The zero-order valence-electron chi connectivity index (χ0n) is 12.2. The smallest absolute Gasteiger partial charge is 0.188 e. The Labute approximate surface area is 138 Å². The number of hydrogen-bond donors (Lipinski definition) is 2. The third-order valence-electron chi connectivity index (χ3n) is 2.45. The molecule has 0 unspecified atom stereocenters. The average Bonchev–Trinajstić information content (AvgIpc) is 2.39. The van der Waals surface area contributed by atoms with Gasteiger partial charge >= 0.3 is 0 Å². The Morgan fingerprint density at radius 1 is 1.45 bits per heavy atom. The molecule has 0 aliphatic heterocycles. The van der Waals surface area contributed by atoms with Gasteiger partial charge in [-0.1, -0.05) is 6.07 Å². The Morgan fingerprint density at radius 3 is 2.90 bits per heavy atom. The molecular weight excluding hydrogens is 367 g/mol. The van der Waals surface area contributed by atoms with Crippen LogP contribution in [0.2, 0.25) is 0 Å². The highest BCUT2D eigenvalue weighted by molar-refractivity contribution is 14.0. The van der Waals surface area contributed by atoms with Gasteiger partial charge in [0.1, 0.15) is 0 Å². The molecule has 0 bridgehead atoms. The Balaban J connectivity index is 0.00000361.